The zero-order valence-electron chi connectivity index (χ0n) is 10.6. The predicted molar refractivity (Wildman–Crippen MR) is 55.8 cm³/mol. The van der Waals surface area contributed by atoms with Gasteiger partial charge >= 0.3 is 18.1 Å². The molecule has 0 aromatic carbocycles. The molecular weight excluding hydrogens is 291 g/mol. The van der Waals surface area contributed by atoms with Crippen LogP contribution in [0.25, 0.3) is 0 Å². The zero-order valence-corrected chi connectivity index (χ0v) is 10.6. The van der Waals surface area contributed by atoms with E-state index in [1.165, 1.54) is 0 Å². The summed E-state index contributed by atoms with van der Waals surface area (Å²) in [5, 5.41) is 9.59. The number of alkyl halides is 5. The van der Waals surface area contributed by atoms with E-state index in [-0.39, 0.29) is 6.92 Å². The van der Waals surface area contributed by atoms with Crippen LogP contribution in [0.1, 0.15) is 20.3 Å². The quantitative estimate of drug-likeness (QED) is 0.482. The van der Waals surface area contributed by atoms with Gasteiger partial charge in [0.05, 0.1) is 0 Å². The summed E-state index contributed by atoms with van der Waals surface area (Å²) in [6.45, 7) is 3.83. The van der Waals surface area contributed by atoms with Gasteiger partial charge in [0.2, 0.25) is 5.60 Å². The van der Waals surface area contributed by atoms with Crippen molar-refractivity contribution in [1.29, 1.82) is 0 Å². The number of aliphatic hydroxyl groups is 1. The second-order valence-electron chi connectivity index (χ2n) is 4.76. The van der Waals surface area contributed by atoms with E-state index in [1.54, 1.807) is 0 Å². The van der Waals surface area contributed by atoms with Crippen molar-refractivity contribution in [2.24, 2.45) is 0 Å². The van der Waals surface area contributed by atoms with Gasteiger partial charge in [-0.05, 0) is 13.8 Å². The standard InChI is InChI=1S/C11H13F5O4/c1-4-7(17)19-6-5-8(2,18)20-9(3,10(6,12)13)11(14,15)16/h4,6,18H,1,5H2,2-3H3. The van der Waals surface area contributed by atoms with Crippen LogP contribution in [0.15, 0.2) is 12.7 Å². The van der Waals surface area contributed by atoms with Crippen LogP contribution >= 0.6 is 0 Å². The van der Waals surface area contributed by atoms with Crippen molar-refractivity contribution in [2.45, 2.75) is 49.9 Å². The van der Waals surface area contributed by atoms with E-state index < -0.39 is 42.0 Å². The van der Waals surface area contributed by atoms with Crippen LogP contribution < -0.4 is 0 Å². The van der Waals surface area contributed by atoms with E-state index in [0.29, 0.717) is 6.08 Å². The van der Waals surface area contributed by atoms with Gasteiger partial charge in [-0.25, -0.2) is 4.79 Å². The highest BCUT2D eigenvalue weighted by atomic mass is 19.4. The summed E-state index contributed by atoms with van der Waals surface area (Å²) in [6, 6.07) is 0. The Kier molecular flexibility index (Phi) is 3.92. The molecule has 0 aromatic heterocycles. The van der Waals surface area contributed by atoms with Crippen LogP contribution in [0.5, 0.6) is 0 Å². The number of carbonyl (C=O) groups is 1. The van der Waals surface area contributed by atoms with Gasteiger partial charge in [-0.1, -0.05) is 6.58 Å². The Hall–Kier alpha value is -1.22. The molecule has 4 nitrogen and oxygen atoms in total. The molecule has 116 valence electrons. The number of hydrogen-bond acceptors (Lipinski definition) is 4. The normalized spacial score (nSPS) is 37.3. The monoisotopic (exact) mass is 304 g/mol. The molecular formula is C11H13F5O4. The summed E-state index contributed by atoms with van der Waals surface area (Å²) in [5.74, 6) is -8.43. The second-order valence-corrected chi connectivity index (χ2v) is 4.76. The molecule has 0 bridgehead atoms. The summed E-state index contributed by atoms with van der Waals surface area (Å²) in [7, 11) is 0. The molecule has 9 heteroatoms. The van der Waals surface area contributed by atoms with Crippen LogP contribution in [0.2, 0.25) is 0 Å². The lowest BCUT2D eigenvalue weighted by atomic mass is 9.85. The molecule has 1 aliphatic rings. The first-order chi connectivity index (χ1) is 8.77. The molecule has 0 aliphatic carbocycles. The number of esters is 1. The van der Waals surface area contributed by atoms with Crippen molar-refractivity contribution in [2.75, 3.05) is 0 Å². The maximum atomic E-state index is 14.0. The lowest BCUT2D eigenvalue weighted by molar-refractivity contribution is -0.435. The molecule has 0 aromatic rings. The molecule has 1 saturated heterocycles. The van der Waals surface area contributed by atoms with Crippen molar-refractivity contribution in [3.8, 4) is 0 Å². The number of carbonyl (C=O) groups excluding carboxylic acids is 1. The highest BCUT2D eigenvalue weighted by Gasteiger charge is 2.76. The fraction of sp³-hybridized carbons (Fsp3) is 0.727. The molecule has 1 aliphatic heterocycles. The van der Waals surface area contributed by atoms with Gasteiger partial charge in [0.15, 0.2) is 11.9 Å². The van der Waals surface area contributed by atoms with Gasteiger partial charge in [0.25, 0.3) is 0 Å². The van der Waals surface area contributed by atoms with Gasteiger partial charge in [0.1, 0.15) is 0 Å². The second kappa shape index (κ2) is 4.66. The number of ether oxygens (including phenoxy) is 2. The summed E-state index contributed by atoms with van der Waals surface area (Å²) >= 11 is 0. The maximum absolute atomic E-state index is 14.0. The van der Waals surface area contributed by atoms with E-state index >= 15 is 0 Å². The van der Waals surface area contributed by atoms with Crippen molar-refractivity contribution in [1.82, 2.24) is 0 Å². The van der Waals surface area contributed by atoms with Gasteiger partial charge < -0.3 is 14.6 Å². The lowest BCUT2D eigenvalue weighted by Gasteiger charge is -2.50. The molecule has 1 heterocycles. The minimum Gasteiger partial charge on any atom is -0.452 e. The van der Waals surface area contributed by atoms with Crippen LogP contribution in [0.4, 0.5) is 22.0 Å². The average molecular weight is 304 g/mol. The lowest BCUT2D eigenvalue weighted by Crippen LogP contribution is -2.70. The first-order valence-corrected chi connectivity index (χ1v) is 5.47. The summed E-state index contributed by atoms with van der Waals surface area (Å²) in [6.07, 6.45) is -8.46. The summed E-state index contributed by atoms with van der Waals surface area (Å²) in [5.41, 5.74) is -3.99. The summed E-state index contributed by atoms with van der Waals surface area (Å²) < 4.78 is 75.0. The van der Waals surface area contributed by atoms with E-state index in [4.69, 9.17) is 0 Å². The molecule has 20 heavy (non-hydrogen) atoms. The molecule has 1 fully saturated rings. The van der Waals surface area contributed by atoms with Crippen LogP contribution in [-0.4, -0.2) is 40.7 Å². The Bertz CT molecular complexity index is 418. The third-order valence-corrected chi connectivity index (χ3v) is 2.99. The Labute approximate surface area is 111 Å². The number of rotatable bonds is 2. The fourth-order valence-corrected chi connectivity index (χ4v) is 1.88. The largest absolute Gasteiger partial charge is 0.452 e. The van der Waals surface area contributed by atoms with Crippen LogP contribution in [-0.2, 0) is 14.3 Å². The van der Waals surface area contributed by atoms with Gasteiger partial charge in [-0.15, -0.1) is 0 Å². The van der Waals surface area contributed by atoms with E-state index in [2.05, 4.69) is 16.1 Å². The third kappa shape index (κ3) is 2.64. The minimum atomic E-state index is -5.49. The summed E-state index contributed by atoms with van der Waals surface area (Å²) in [4.78, 5) is 11.0. The van der Waals surface area contributed by atoms with E-state index in [9.17, 15) is 31.9 Å². The van der Waals surface area contributed by atoms with E-state index in [0.717, 1.165) is 6.92 Å². The molecule has 1 rings (SSSR count). The maximum Gasteiger partial charge on any atom is 0.423 e. The molecule has 0 amide bonds. The Balaban J connectivity index is 3.26. The highest BCUT2D eigenvalue weighted by Crippen LogP contribution is 2.53. The first-order valence-electron chi connectivity index (χ1n) is 5.47. The van der Waals surface area contributed by atoms with Crippen molar-refractivity contribution < 1.29 is 41.3 Å². The SMILES string of the molecule is C=CC(=O)OC1CC(C)(O)OC(C)(C(F)(F)F)C1(F)F. The van der Waals surface area contributed by atoms with Crippen molar-refractivity contribution in [3.05, 3.63) is 12.7 Å². The Morgan fingerprint density at radius 3 is 2.35 bits per heavy atom. The molecule has 0 radical (unpaired) electrons. The molecule has 3 atom stereocenters. The topological polar surface area (TPSA) is 55.8 Å². The Morgan fingerprint density at radius 1 is 1.45 bits per heavy atom. The minimum absolute atomic E-state index is 0.0926. The number of halogens is 5. The Morgan fingerprint density at radius 2 is 1.95 bits per heavy atom. The highest BCUT2D eigenvalue weighted by molar-refractivity contribution is 5.81. The van der Waals surface area contributed by atoms with Gasteiger partial charge in [0, 0.05) is 12.5 Å². The van der Waals surface area contributed by atoms with Crippen LogP contribution in [0, 0.1) is 0 Å². The first kappa shape index (κ1) is 16.8. The number of hydrogen-bond donors (Lipinski definition) is 1. The zero-order chi connectivity index (χ0) is 16.0. The van der Waals surface area contributed by atoms with Crippen LogP contribution in [0.3, 0.4) is 0 Å². The smallest absolute Gasteiger partial charge is 0.423 e. The van der Waals surface area contributed by atoms with Gasteiger partial charge in [-0.3, -0.25) is 0 Å². The van der Waals surface area contributed by atoms with E-state index in [1.807, 2.05) is 0 Å². The average Bonchev–Trinajstić information content (AvgIpc) is 2.23. The van der Waals surface area contributed by atoms with Crippen molar-refractivity contribution in [3.63, 3.8) is 0 Å². The van der Waals surface area contributed by atoms with Gasteiger partial charge in [-0.2, -0.15) is 22.0 Å². The molecule has 0 spiro atoms. The fourth-order valence-electron chi connectivity index (χ4n) is 1.88. The molecule has 0 saturated carbocycles. The molecule has 1 N–H and O–H groups in total. The molecule has 3 unspecified atom stereocenters. The third-order valence-electron chi connectivity index (χ3n) is 2.99. The predicted octanol–water partition coefficient (Wildman–Crippen LogP) is 2.17. The van der Waals surface area contributed by atoms with Crippen molar-refractivity contribution >= 4 is 5.97 Å².